The highest BCUT2D eigenvalue weighted by Gasteiger charge is 2.03. The lowest BCUT2D eigenvalue weighted by Crippen LogP contribution is -1.85. The third kappa shape index (κ3) is 3.76. The van der Waals surface area contributed by atoms with Crippen molar-refractivity contribution in [2.24, 2.45) is 0 Å². The van der Waals surface area contributed by atoms with Crippen molar-refractivity contribution < 1.29 is 0 Å². The van der Waals surface area contributed by atoms with Gasteiger partial charge in [-0.15, -0.1) is 0 Å². The summed E-state index contributed by atoms with van der Waals surface area (Å²) < 4.78 is 0. The van der Waals surface area contributed by atoms with E-state index in [-0.39, 0.29) is 0 Å². The van der Waals surface area contributed by atoms with Crippen LogP contribution in [0.4, 0.5) is 0 Å². The molecule has 0 radical (unpaired) electrons. The Labute approximate surface area is 134 Å². The summed E-state index contributed by atoms with van der Waals surface area (Å²) in [6, 6.07) is 20.0. The fraction of sp³-hybridized carbons (Fsp3) is 0.273. The molecule has 0 amide bonds. The number of hydrogen-bond acceptors (Lipinski definition) is 0. The molecule has 0 saturated carbocycles. The van der Waals surface area contributed by atoms with E-state index in [1.165, 1.54) is 45.0 Å². The molecule has 114 valence electrons. The van der Waals surface area contributed by atoms with Crippen molar-refractivity contribution in [3.05, 3.63) is 71.3 Å². The Morgan fingerprint density at radius 1 is 0.636 bits per heavy atom. The lowest BCUT2D eigenvalue weighted by Gasteiger charge is -2.09. The molecule has 0 spiro atoms. The first-order chi connectivity index (χ1) is 10.5. The third-order valence-corrected chi connectivity index (χ3v) is 3.69. The number of benzene rings is 3. The molecule has 0 aromatic heterocycles. The fourth-order valence-electron chi connectivity index (χ4n) is 2.67. The van der Waals surface area contributed by atoms with Crippen molar-refractivity contribution in [1.29, 1.82) is 0 Å². The molecular weight excluding hydrogens is 264 g/mol. The normalized spacial score (nSPS) is 10.2. The van der Waals surface area contributed by atoms with Crippen LogP contribution >= 0.6 is 0 Å². The van der Waals surface area contributed by atoms with E-state index in [1.54, 1.807) is 0 Å². The predicted octanol–water partition coefficient (Wildman–Crippen LogP) is 6.85. The molecule has 0 aliphatic heterocycles. The van der Waals surface area contributed by atoms with Gasteiger partial charge in [0.25, 0.3) is 0 Å². The van der Waals surface area contributed by atoms with E-state index < -0.39 is 0 Å². The van der Waals surface area contributed by atoms with Gasteiger partial charge < -0.3 is 0 Å². The van der Waals surface area contributed by atoms with E-state index in [9.17, 15) is 0 Å². The Kier molecular flexibility index (Phi) is 5.38. The topological polar surface area (TPSA) is 0 Å². The number of hydrogen-bond donors (Lipinski definition) is 0. The van der Waals surface area contributed by atoms with Crippen LogP contribution in [0.15, 0.2) is 54.6 Å². The summed E-state index contributed by atoms with van der Waals surface area (Å²) >= 11 is 0. The molecular formula is C22H26. The maximum Gasteiger partial charge on any atom is -0.0154 e. The smallest absolute Gasteiger partial charge is 0.0154 e. The third-order valence-electron chi connectivity index (χ3n) is 3.69. The molecule has 0 aliphatic rings. The van der Waals surface area contributed by atoms with E-state index in [4.69, 9.17) is 0 Å². The van der Waals surface area contributed by atoms with E-state index in [2.05, 4.69) is 89.2 Å². The van der Waals surface area contributed by atoms with Gasteiger partial charge in [-0.25, -0.2) is 0 Å². The first-order valence-electron chi connectivity index (χ1n) is 8.13. The summed E-state index contributed by atoms with van der Waals surface area (Å²) in [5, 5.41) is 2.62. The van der Waals surface area contributed by atoms with Gasteiger partial charge in [0.2, 0.25) is 0 Å². The van der Waals surface area contributed by atoms with Crippen molar-refractivity contribution in [2.75, 3.05) is 0 Å². The molecule has 0 heteroatoms. The van der Waals surface area contributed by atoms with Gasteiger partial charge >= 0.3 is 0 Å². The lowest BCUT2D eigenvalue weighted by molar-refractivity contribution is 1.09. The number of fused-ring (bicyclic) bond motifs is 1. The molecule has 0 unspecified atom stereocenters. The summed E-state index contributed by atoms with van der Waals surface area (Å²) in [7, 11) is 0. The second-order valence-corrected chi connectivity index (χ2v) is 6.09. The summed E-state index contributed by atoms with van der Waals surface area (Å²) in [6.45, 7) is 10.7. The molecule has 0 heterocycles. The predicted molar refractivity (Wildman–Crippen MR) is 99.6 cm³/mol. The average Bonchev–Trinajstić information content (AvgIpc) is 2.48. The van der Waals surface area contributed by atoms with E-state index in [1.807, 2.05) is 0 Å². The Morgan fingerprint density at radius 3 is 1.86 bits per heavy atom. The molecule has 0 fully saturated rings. The lowest BCUT2D eigenvalue weighted by atomic mass is 9.96. The molecule has 3 aromatic rings. The van der Waals surface area contributed by atoms with E-state index >= 15 is 0 Å². The van der Waals surface area contributed by atoms with Gasteiger partial charge in [0, 0.05) is 0 Å². The minimum Gasteiger partial charge on any atom is -0.0656 e. The van der Waals surface area contributed by atoms with Crippen molar-refractivity contribution in [3.63, 3.8) is 0 Å². The van der Waals surface area contributed by atoms with E-state index in [0.29, 0.717) is 0 Å². The first kappa shape index (κ1) is 16.3. The zero-order chi connectivity index (χ0) is 16.1. The highest BCUT2D eigenvalue weighted by Crippen LogP contribution is 2.28. The molecule has 0 saturated heterocycles. The van der Waals surface area contributed by atoms with Crippen molar-refractivity contribution in [3.8, 4) is 11.1 Å². The zero-order valence-electron chi connectivity index (χ0n) is 14.4. The molecule has 22 heavy (non-hydrogen) atoms. The SMILES string of the molecule is CCC.Cc1ccc(-c2ccc3cc(C)ccc3c2)c(C)c1. The van der Waals surface area contributed by atoms with Crippen LogP contribution < -0.4 is 0 Å². The minimum atomic E-state index is 1.25. The Hall–Kier alpha value is -2.08. The zero-order valence-corrected chi connectivity index (χ0v) is 14.4. The molecule has 3 aromatic carbocycles. The van der Waals surface area contributed by atoms with Gasteiger partial charge in [0.15, 0.2) is 0 Å². The maximum atomic E-state index is 2.28. The van der Waals surface area contributed by atoms with E-state index in [0.717, 1.165) is 0 Å². The van der Waals surface area contributed by atoms with Crippen LogP contribution in [0, 0.1) is 20.8 Å². The van der Waals surface area contributed by atoms with Gasteiger partial charge in [-0.2, -0.15) is 0 Å². The second kappa shape index (κ2) is 7.26. The summed E-state index contributed by atoms with van der Waals surface area (Å²) in [5.74, 6) is 0. The molecule has 0 atom stereocenters. The number of aryl methyl sites for hydroxylation is 3. The Morgan fingerprint density at radius 2 is 1.18 bits per heavy atom. The summed E-state index contributed by atoms with van der Waals surface area (Å²) in [5.41, 5.74) is 6.60. The van der Waals surface area contributed by atoms with Crippen LogP contribution in [0.5, 0.6) is 0 Å². The minimum absolute atomic E-state index is 1.25. The van der Waals surface area contributed by atoms with Gasteiger partial charge in [-0.1, -0.05) is 79.9 Å². The molecule has 3 rings (SSSR count). The largest absolute Gasteiger partial charge is 0.0656 e. The molecule has 0 aliphatic carbocycles. The average molecular weight is 290 g/mol. The van der Waals surface area contributed by atoms with Crippen LogP contribution in [0.1, 0.15) is 37.0 Å². The highest BCUT2D eigenvalue weighted by molar-refractivity contribution is 5.88. The quantitative estimate of drug-likeness (QED) is 0.460. The van der Waals surface area contributed by atoms with Crippen LogP contribution in [-0.2, 0) is 0 Å². The summed E-state index contributed by atoms with van der Waals surface area (Å²) in [6.07, 6.45) is 1.25. The van der Waals surface area contributed by atoms with Crippen LogP contribution in [0.2, 0.25) is 0 Å². The van der Waals surface area contributed by atoms with Gasteiger partial charge in [-0.3, -0.25) is 0 Å². The molecule has 0 bridgehead atoms. The monoisotopic (exact) mass is 290 g/mol. The Bertz CT molecular complexity index is 766. The van der Waals surface area contributed by atoms with Gasteiger partial charge in [-0.05, 0) is 54.3 Å². The molecule has 0 nitrogen and oxygen atoms in total. The maximum absolute atomic E-state index is 2.28. The van der Waals surface area contributed by atoms with Crippen molar-refractivity contribution in [2.45, 2.75) is 41.0 Å². The van der Waals surface area contributed by atoms with Crippen molar-refractivity contribution >= 4 is 10.8 Å². The first-order valence-corrected chi connectivity index (χ1v) is 8.13. The van der Waals surface area contributed by atoms with Crippen LogP contribution in [0.3, 0.4) is 0 Å². The van der Waals surface area contributed by atoms with Crippen LogP contribution in [0.25, 0.3) is 21.9 Å². The standard InChI is InChI=1S/C19H18.C3H8/c1-13-5-9-19(15(3)10-13)18-8-7-16-11-14(2)4-6-17(16)12-18;1-3-2/h4-12H,1-3H3;3H2,1-2H3. The molecule has 0 N–H and O–H groups in total. The highest BCUT2D eigenvalue weighted by atomic mass is 14.1. The Balaban J connectivity index is 0.000000545. The van der Waals surface area contributed by atoms with Crippen molar-refractivity contribution in [1.82, 2.24) is 0 Å². The van der Waals surface area contributed by atoms with Gasteiger partial charge in [0.05, 0.1) is 0 Å². The van der Waals surface area contributed by atoms with Crippen LogP contribution in [-0.4, -0.2) is 0 Å². The second-order valence-electron chi connectivity index (χ2n) is 6.09. The van der Waals surface area contributed by atoms with Gasteiger partial charge in [0.1, 0.15) is 0 Å². The number of rotatable bonds is 1. The fourth-order valence-corrected chi connectivity index (χ4v) is 2.67. The summed E-state index contributed by atoms with van der Waals surface area (Å²) in [4.78, 5) is 0.